The summed E-state index contributed by atoms with van der Waals surface area (Å²) in [4.78, 5) is 10.4. The molecule has 3 nitrogen and oxygen atoms in total. The van der Waals surface area contributed by atoms with Gasteiger partial charge in [-0.3, -0.25) is 4.79 Å². The largest absolute Gasteiger partial charge is 0.463 e. The zero-order valence-corrected chi connectivity index (χ0v) is 5.42. The SMILES string of the molecule is CCO[C@@H]1COC(=O)C1. The second-order valence-corrected chi connectivity index (χ2v) is 1.96. The van der Waals surface area contributed by atoms with Crippen LogP contribution in [0, 0.1) is 0 Å². The molecule has 0 N–H and O–H groups in total. The Labute approximate surface area is 53.9 Å². The van der Waals surface area contributed by atoms with Crippen molar-refractivity contribution in [1.82, 2.24) is 0 Å². The van der Waals surface area contributed by atoms with Crippen LogP contribution in [0.15, 0.2) is 0 Å². The molecule has 1 aliphatic rings. The predicted octanol–water partition coefficient (Wildman–Crippen LogP) is 0.338. The summed E-state index contributed by atoms with van der Waals surface area (Å²) in [7, 11) is 0. The molecular formula is C6H10O3. The molecular weight excluding hydrogens is 120 g/mol. The van der Waals surface area contributed by atoms with Gasteiger partial charge in [0, 0.05) is 6.61 Å². The Kier molecular flexibility index (Phi) is 2.05. The van der Waals surface area contributed by atoms with Crippen LogP contribution in [-0.2, 0) is 14.3 Å². The van der Waals surface area contributed by atoms with Crippen molar-refractivity contribution in [2.24, 2.45) is 0 Å². The minimum Gasteiger partial charge on any atom is -0.463 e. The highest BCUT2D eigenvalue weighted by Crippen LogP contribution is 2.08. The van der Waals surface area contributed by atoms with Gasteiger partial charge < -0.3 is 9.47 Å². The molecule has 0 aromatic rings. The van der Waals surface area contributed by atoms with Gasteiger partial charge in [-0.25, -0.2) is 0 Å². The van der Waals surface area contributed by atoms with E-state index in [1.54, 1.807) is 0 Å². The minimum atomic E-state index is -0.145. The maximum absolute atomic E-state index is 10.4. The first-order valence-corrected chi connectivity index (χ1v) is 3.10. The van der Waals surface area contributed by atoms with E-state index in [1.807, 2.05) is 6.92 Å². The molecule has 0 aromatic heterocycles. The molecule has 52 valence electrons. The zero-order valence-electron chi connectivity index (χ0n) is 5.42. The molecule has 1 fully saturated rings. The highest BCUT2D eigenvalue weighted by molar-refractivity contribution is 5.71. The van der Waals surface area contributed by atoms with Gasteiger partial charge in [0.1, 0.15) is 12.7 Å². The van der Waals surface area contributed by atoms with Crippen LogP contribution in [0.4, 0.5) is 0 Å². The monoisotopic (exact) mass is 130 g/mol. The molecule has 0 aromatic carbocycles. The molecule has 0 bridgehead atoms. The van der Waals surface area contributed by atoms with E-state index in [1.165, 1.54) is 0 Å². The molecule has 0 unspecified atom stereocenters. The van der Waals surface area contributed by atoms with Crippen LogP contribution < -0.4 is 0 Å². The molecule has 3 heteroatoms. The average molecular weight is 130 g/mol. The highest BCUT2D eigenvalue weighted by Gasteiger charge is 2.23. The Bertz CT molecular complexity index is 111. The molecule has 1 atom stereocenters. The molecule has 1 heterocycles. The van der Waals surface area contributed by atoms with Gasteiger partial charge in [0.05, 0.1) is 6.42 Å². The van der Waals surface area contributed by atoms with E-state index >= 15 is 0 Å². The summed E-state index contributed by atoms with van der Waals surface area (Å²) < 4.78 is 9.78. The first kappa shape index (κ1) is 6.55. The van der Waals surface area contributed by atoms with Crippen molar-refractivity contribution >= 4 is 5.97 Å². The van der Waals surface area contributed by atoms with E-state index in [0.29, 0.717) is 19.6 Å². The van der Waals surface area contributed by atoms with Crippen LogP contribution in [0.25, 0.3) is 0 Å². The zero-order chi connectivity index (χ0) is 6.69. The minimum absolute atomic E-state index is 0.0162. The van der Waals surface area contributed by atoms with Gasteiger partial charge in [0.25, 0.3) is 0 Å². The van der Waals surface area contributed by atoms with Crippen molar-refractivity contribution < 1.29 is 14.3 Å². The van der Waals surface area contributed by atoms with Crippen LogP contribution in [0.2, 0.25) is 0 Å². The molecule has 0 amide bonds. The number of ether oxygens (including phenoxy) is 2. The van der Waals surface area contributed by atoms with Crippen molar-refractivity contribution in [3.05, 3.63) is 0 Å². The van der Waals surface area contributed by atoms with E-state index < -0.39 is 0 Å². The van der Waals surface area contributed by atoms with Crippen LogP contribution >= 0.6 is 0 Å². The smallest absolute Gasteiger partial charge is 0.308 e. The standard InChI is InChI=1S/C6H10O3/c1-2-8-5-3-6(7)9-4-5/h5H,2-4H2,1H3/t5-/m0/s1. The van der Waals surface area contributed by atoms with E-state index in [4.69, 9.17) is 4.74 Å². The predicted molar refractivity (Wildman–Crippen MR) is 31.0 cm³/mol. The van der Waals surface area contributed by atoms with Gasteiger partial charge in [-0.2, -0.15) is 0 Å². The van der Waals surface area contributed by atoms with Gasteiger partial charge >= 0.3 is 5.97 Å². The first-order valence-electron chi connectivity index (χ1n) is 3.10. The lowest BCUT2D eigenvalue weighted by molar-refractivity contribution is -0.137. The third-order valence-corrected chi connectivity index (χ3v) is 1.23. The van der Waals surface area contributed by atoms with Crippen LogP contribution in [0.5, 0.6) is 0 Å². The lowest BCUT2D eigenvalue weighted by Crippen LogP contribution is -2.11. The lowest BCUT2D eigenvalue weighted by atomic mass is 10.3. The number of esters is 1. The molecule has 1 aliphatic heterocycles. The Hall–Kier alpha value is -0.570. The fourth-order valence-electron chi connectivity index (χ4n) is 0.832. The van der Waals surface area contributed by atoms with E-state index in [-0.39, 0.29) is 12.1 Å². The third-order valence-electron chi connectivity index (χ3n) is 1.23. The molecule has 0 spiro atoms. The number of carbonyl (C=O) groups excluding carboxylic acids is 1. The fraction of sp³-hybridized carbons (Fsp3) is 0.833. The van der Waals surface area contributed by atoms with E-state index in [2.05, 4.69) is 4.74 Å². The Morgan fingerprint density at radius 3 is 3.11 bits per heavy atom. The van der Waals surface area contributed by atoms with Gasteiger partial charge in [0.2, 0.25) is 0 Å². The number of cyclic esters (lactones) is 1. The molecule has 0 radical (unpaired) electrons. The Balaban J connectivity index is 2.22. The summed E-state index contributed by atoms with van der Waals surface area (Å²) in [5.41, 5.74) is 0. The summed E-state index contributed by atoms with van der Waals surface area (Å²) in [5.74, 6) is -0.145. The molecule has 1 rings (SSSR count). The summed E-state index contributed by atoms with van der Waals surface area (Å²) in [6.07, 6.45) is 0.441. The van der Waals surface area contributed by atoms with Crippen molar-refractivity contribution in [1.29, 1.82) is 0 Å². The van der Waals surface area contributed by atoms with Crippen LogP contribution in [0.3, 0.4) is 0 Å². The summed E-state index contributed by atoms with van der Waals surface area (Å²) in [6, 6.07) is 0. The van der Waals surface area contributed by atoms with Crippen molar-refractivity contribution in [3.8, 4) is 0 Å². The normalized spacial score (nSPS) is 26.3. The van der Waals surface area contributed by atoms with Gasteiger partial charge in [-0.15, -0.1) is 0 Å². The molecule has 0 aliphatic carbocycles. The fourth-order valence-corrected chi connectivity index (χ4v) is 0.832. The van der Waals surface area contributed by atoms with Crippen molar-refractivity contribution in [2.45, 2.75) is 19.4 Å². The third kappa shape index (κ3) is 1.68. The van der Waals surface area contributed by atoms with E-state index in [9.17, 15) is 4.79 Å². The van der Waals surface area contributed by atoms with Crippen molar-refractivity contribution in [3.63, 3.8) is 0 Å². The van der Waals surface area contributed by atoms with Crippen LogP contribution in [0.1, 0.15) is 13.3 Å². The molecule has 0 saturated carbocycles. The topological polar surface area (TPSA) is 35.5 Å². The average Bonchev–Trinajstić information content (AvgIpc) is 2.17. The second kappa shape index (κ2) is 2.82. The van der Waals surface area contributed by atoms with E-state index in [0.717, 1.165) is 0 Å². The number of carbonyl (C=O) groups is 1. The first-order chi connectivity index (χ1) is 4.33. The molecule has 1 saturated heterocycles. The maximum atomic E-state index is 10.4. The van der Waals surface area contributed by atoms with Crippen molar-refractivity contribution in [2.75, 3.05) is 13.2 Å². The second-order valence-electron chi connectivity index (χ2n) is 1.96. The summed E-state index contributed by atoms with van der Waals surface area (Å²) in [6.45, 7) is 3.00. The van der Waals surface area contributed by atoms with Gasteiger partial charge in [-0.05, 0) is 6.92 Å². The summed E-state index contributed by atoms with van der Waals surface area (Å²) >= 11 is 0. The van der Waals surface area contributed by atoms with Gasteiger partial charge in [-0.1, -0.05) is 0 Å². The highest BCUT2D eigenvalue weighted by atomic mass is 16.6. The lowest BCUT2D eigenvalue weighted by Gasteiger charge is -2.03. The number of hydrogen-bond acceptors (Lipinski definition) is 3. The summed E-state index contributed by atoms with van der Waals surface area (Å²) in [5, 5.41) is 0. The quantitative estimate of drug-likeness (QED) is 0.505. The van der Waals surface area contributed by atoms with Gasteiger partial charge in [0.15, 0.2) is 0 Å². The van der Waals surface area contributed by atoms with Crippen LogP contribution in [-0.4, -0.2) is 25.3 Å². The maximum Gasteiger partial charge on any atom is 0.308 e. The Morgan fingerprint density at radius 2 is 2.67 bits per heavy atom. The Morgan fingerprint density at radius 1 is 1.89 bits per heavy atom. The number of rotatable bonds is 2. The molecule has 9 heavy (non-hydrogen) atoms. The number of hydrogen-bond donors (Lipinski definition) is 0.